The van der Waals surface area contributed by atoms with Crippen LogP contribution in [0.1, 0.15) is 5.56 Å². The summed E-state index contributed by atoms with van der Waals surface area (Å²) in [5.74, 6) is 0. The van der Waals surface area contributed by atoms with Gasteiger partial charge in [0.05, 0.1) is 17.6 Å². The Bertz CT molecular complexity index is 926. The zero-order valence-electron chi connectivity index (χ0n) is 12.3. The Kier molecular flexibility index (Phi) is 5.09. The minimum Gasteiger partial charge on any atom is -0.378 e. The molecule has 0 aliphatic rings. The highest BCUT2D eigenvalue weighted by Gasteiger charge is 2.11. The van der Waals surface area contributed by atoms with Crippen LogP contribution in [0.3, 0.4) is 0 Å². The average molecular weight is 381 g/mol. The number of rotatable bonds is 4. The van der Waals surface area contributed by atoms with Crippen LogP contribution < -0.4 is 10.9 Å². The van der Waals surface area contributed by atoms with E-state index in [2.05, 4.69) is 10.4 Å². The third-order valence-corrected chi connectivity index (χ3v) is 4.36. The largest absolute Gasteiger partial charge is 0.378 e. The highest BCUT2D eigenvalue weighted by Crippen LogP contribution is 2.23. The molecule has 0 radical (unpaired) electrons. The van der Waals surface area contributed by atoms with E-state index in [0.29, 0.717) is 28.0 Å². The quantitative estimate of drug-likeness (QED) is 0.707. The van der Waals surface area contributed by atoms with Gasteiger partial charge in [-0.1, -0.05) is 59.1 Å². The third kappa shape index (κ3) is 3.56. The van der Waals surface area contributed by atoms with Gasteiger partial charge in [0.25, 0.3) is 5.56 Å². The van der Waals surface area contributed by atoms with Crippen molar-refractivity contribution in [2.24, 2.45) is 0 Å². The summed E-state index contributed by atoms with van der Waals surface area (Å²) in [6.45, 7) is 0.395. The van der Waals surface area contributed by atoms with Crippen molar-refractivity contribution in [1.82, 2.24) is 9.78 Å². The monoisotopic (exact) mass is 379 g/mol. The lowest BCUT2D eigenvalue weighted by atomic mass is 10.2. The van der Waals surface area contributed by atoms with Crippen molar-refractivity contribution in [1.29, 1.82) is 0 Å². The molecule has 1 aromatic heterocycles. The number of hydrogen-bond acceptors (Lipinski definition) is 3. The van der Waals surface area contributed by atoms with Crippen LogP contribution in [0.15, 0.2) is 59.5 Å². The van der Waals surface area contributed by atoms with E-state index in [0.717, 1.165) is 5.56 Å². The Labute approximate surface area is 153 Å². The van der Waals surface area contributed by atoms with Gasteiger partial charge in [-0.05, 0) is 29.8 Å². The van der Waals surface area contributed by atoms with Crippen LogP contribution in [0.4, 0.5) is 5.69 Å². The SMILES string of the molecule is O=c1c(Cl)c(NCc2ccc(Cl)cc2Cl)cnn1-c1ccccc1. The minimum atomic E-state index is -0.393. The number of aromatic nitrogens is 2. The Morgan fingerprint density at radius 1 is 1.04 bits per heavy atom. The van der Waals surface area contributed by atoms with Crippen LogP contribution >= 0.6 is 34.8 Å². The first-order valence-electron chi connectivity index (χ1n) is 7.07. The fourth-order valence-corrected chi connectivity index (χ4v) is 2.84. The van der Waals surface area contributed by atoms with E-state index in [-0.39, 0.29) is 5.02 Å². The molecule has 0 aliphatic carbocycles. The smallest absolute Gasteiger partial charge is 0.292 e. The Balaban J connectivity index is 1.85. The molecule has 0 saturated heterocycles. The Hall–Kier alpha value is -2.01. The highest BCUT2D eigenvalue weighted by atomic mass is 35.5. The second-order valence-corrected chi connectivity index (χ2v) is 6.24. The van der Waals surface area contributed by atoms with E-state index in [1.165, 1.54) is 10.9 Å². The summed E-state index contributed by atoms with van der Waals surface area (Å²) in [5.41, 5.74) is 1.54. The summed E-state index contributed by atoms with van der Waals surface area (Å²) >= 11 is 18.2. The molecule has 1 N–H and O–H groups in total. The summed E-state index contributed by atoms with van der Waals surface area (Å²) in [4.78, 5) is 12.4. The maximum Gasteiger partial charge on any atom is 0.292 e. The van der Waals surface area contributed by atoms with Crippen molar-refractivity contribution >= 4 is 40.5 Å². The molecule has 0 atom stereocenters. The van der Waals surface area contributed by atoms with Gasteiger partial charge in [0.15, 0.2) is 0 Å². The molecule has 1 heterocycles. The average Bonchev–Trinajstić information content (AvgIpc) is 2.58. The molecular formula is C17H12Cl3N3O. The van der Waals surface area contributed by atoms with E-state index in [1.807, 2.05) is 24.3 Å². The van der Waals surface area contributed by atoms with Crippen molar-refractivity contribution in [3.63, 3.8) is 0 Å². The van der Waals surface area contributed by atoms with Crippen molar-refractivity contribution in [2.75, 3.05) is 5.32 Å². The van der Waals surface area contributed by atoms with Crippen molar-refractivity contribution < 1.29 is 0 Å². The second-order valence-electron chi connectivity index (χ2n) is 5.01. The first kappa shape index (κ1) is 16.8. The maximum atomic E-state index is 12.4. The van der Waals surface area contributed by atoms with Crippen molar-refractivity contribution in [2.45, 2.75) is 6.54 Å². The molecule has 7 heteroatoms. The number of anilines is 1. The number of halogens is 3. The first-order chi connectivity index (χ1) is 11.6. The molecule has 0 unspecified atom stereocenters. The Morgan fingerprint density at radius 3 is 2.50 bits per heavy atom. The van der Waals surface area contributed by atoms with Crippen LogP contribution in [0.25, 0.3) is 5.69 Å². The zero-order valence-corrected chi connectivity index (χ0v) is 14.6. The van der Waals surface area contributed by atoms with Crippen LogP contribution in [-0.4, -0.2) is 9.78 Å². The molecule has 3 aromatic rings. The Morgan fingerprint density at radius 2 is 1.79 bits per heavy atom. The fourth-order valence-electron chi connectivity index (χ4n) is 2.16. The molecule has 3 rings (SSSR count). The van der Waals surface area contributed by atoms with Gasteiger partial charge in [-0.15, -0.1) is 0 Å². The molecule has 24 heavy (non-hydrogen) atoms. The predicted molar refractivity (Wildman–Crippen MR) is 98.6 cm³/mol. The fraction of sp³-hybridized carbons (Fsp3) is 0.0588. The molecule has 0 spiro atoms. The number of hydrogen-bond donors (Lipinski definition) is 1. The standard InChI is InChI=1S/C17H12Cl3N3O/c18-12-7-6-11(14(19)8-12)9-21-15-10-22-23(17(24)16(15)20)13-4-2-1-3-5-13/h1-8,10,21H,9H2. The maximum absolute atomic E-state index is 12.4. The highest BCUT2D eigenvalue weighted by molar-refractivity contribution is 6.35. The molecule has 0 amide bonds. The number of para-hydroxylation sites is 1. The van der Waals surface area contributed by atoms with Crippen LogP contribution in [0.2, 0.25) is 15.1 Å². The van der Waals surface area contributed by atoms with Gasteiger partial charge < -0.3 is 5.32 Å². The minimum absolute atomic E-state index is 0.0685. The summed E-state index contributed by atoms with van der Waals surface area (Å²) < 4.78 is 1.25. The van der Waals surface area contributed by atoms with Crippen LogP contribution in [0, 0.1) is 0 Å². The summed E-state index contributed by atoms with van der Waals surface area (Å²) in [6, 6.07) is 14.3. The molecule has 0 fully saturated rings. The van der Waals surface area contributed by atoms with Gasteiger partial charge in [-0.3, -0.25) is 4.79 Å². The van der Waals surface area contributed by atoms with E-state index in [4.69, 9.17) is 34.8 Å². The molecular weight excluding hydrogens is 369 g/mol. The van der Waals surface area contributed by atoms with Gasteiger partial charge in [-0.25, -0.2) is 0 Å². The third-order valence-electron chi connectivity index (χ3n) is 3.40. The van der Waals surface area contributed by atoms with E-state index >= 15 is 0 Å². The van der Waals surface area contributed by atoms with Crippen molar-refractivity contribution in [3.05, 3.63) is 85.7 Å². The second kappa shape index (κ2) is 7.26. The first-order valence-corrected chi connectivity index (χ1v) is 8.20. The van der Waals surface area contributed by atoms with E-state index in [9.17, 15) is 4.79 Å². The van der Waals surface area contributed by atoms with Gasteiger partial charge in [0.1, 0.15) is 5.02 Å². The molecule has 0 aliphatic heterocycles. The number of nitrogens with zero attached hydrogens (tertiary/aromatic N) is 2. The van der Waals surface area contributed by atoms with Crippen LogP contribution in [-0.2, 0) is 6.54 Å². The van der Waals surface area contributed by atoms with Gasteiger partial charge in [0, 0.05) is 16.6 Å². The summed E-state index contributed by atoms with van der Waals surface area (Å²) in [5, 5.41) is 8.41. The van der Waals surface area contributed by atoms with Gasteiger partial charge in [-0.2, -0.15) is 9.78 Å². The van der Waals surface area contributed by atoms with Crippen molar-refractivity contribution in [3.8, 4) is 5.69 Å². The molecule has 2 aromatic carbocycles. The van der Waals surface area contributed by atoms with Crippen LogP contribution in [0.5, 0.6) is 0 Å². The lowest BCUT2D eigenvalue weighted by Gasteiger charge is -2.11. The summed E-state index contributed by atoms with van der Waals surface area (Å²) in [6.07, 6.45) is 1.51. The zero-order chi connectivity index (χ0) is 17.1. The predicted octanol–water partition coefficient (Wildman–Crippen LogP) is 4.80. The molecule has 0 bridgehead atoms. The normalized spacial score (nSPS) is 10.6. The molecule has 122 valence electrons. The number of benzene rings is 2. The van der Waals surface area contributed by atoms with E-state index < -0.39 is 5.56 Å². The number of nitrogens with one attached hydrogen (secondary N) is 1. The summed E-state index contributed by atoms with van der Waals surface area (Å²) in [7, 11) is 0. The topological polar surface area (TPSA) is 46.9 Å². The lowest BCUT2D eigenvalue weighted by Crippen LogP contribution is -2.22. The van der Waals surface area contributed by atoms with Gasteiger partial charge >= 0.3 is 0 Å². The van der Waals surface area contributed by atoms with E-state index in [1.54, 1.807) is 24.3 Å². The molecule has 4 nitrogen and oxygen atoms in total. The van der Waals surface area contributed by atoms with Gasteiger partial charge in [0.2, 0.25) is 0 Å². The lowest BCUT2D eigenvalue weighted by molar-refractivity contribution is 0.807. The molecule has 0 saturated carbocycles.